The quantitative estimate of drug-likeness (QED) is 0.914. The van der Waals surface area contributed by atoms with Crippen molar-refractivity contribution in [2.24, 2.45) is 0 Å². The van der Waals surface area contributed by atoms with Crippen LogP contribution in [-0.2, 0) is 16.1 Å². The van der Waals surface area contributed by atoms with Gasteiger partial charge in [0.2, 0.25) is 5.91 Å². The lowest BCUT2D eigenvalue weighted by molar-refractivity contribution is -0.143. The number of carbonyl (C=O) groups is 2. The van der Waals surface area contributed by atoms with E-state index in [1.54, 1.807) is 11.8 Å². The van der Waals surface area contributed by atoms with Crippen molar-refractivity contribution in [1.82, 2.24) is 9.80 Å². The highest BCUT2D eigenvalue weighted by Crippen LogP contribution is 2.20. The first kappa shape index (κ1) is 15.5. The highest BCUT2D eigenvalue weighted by Gasteiger charge is 2.33. The van der Waals surface area contributed by atoms with Gasteiger partial charge in [-0.2, -0.15) is 0 Å². The van der Waals surface area contributed by atoms with Crippen LogP contribution in [0.25, 0.3) is 0 Å². The third-order valence-corrected chi connectivity index (χ3v) is 4.00. The summed E-state index contributed by atoms with van der Waals surface area (Å²) >= 11 is 0. The van der Waals surface area contributed by atoms with E-state index in [1.807, 2.05) is 37.3 Å². The van der Waals surface area contributed by atoms with Crippen LogP contribution in [0.4, 0.5) is 0 Å². The molecule has 5 nitrogen and oxygen atoms in total. The number of benzene rings is 1. The molecule has 1 aromatic carbocycles. The smallest absolute Gasteiger partial charge is 0.305 e. The summed E-state index contributed by atoms with van der Waals surface area (Å²) in [7, 11) is 0. The molecule has 1 fully saturated rings. The van der Waals surface area contributed by atoms with Crippen LogP contribution in [0.1, 0.15) is 25.8 Å². The lowest BCUT2D eigenvalue weighted by atomic mass is 10.0. The molecular formula is C16H22N2O3. The lowest BCUT2D eigenvalue weighted by Gasteiger charge is -2.44. The number of nitrogens with zero attached hydrogens (tertiary/aromatic N) is 2. The van der Waals surface area contributed by atoms with Crippen LogP contribution in [0.3, 0.4) is 0 Å². The van der Waals surface area contributed by atoms with Crippen molar-refractivity contribution in [3.05, 3.63) is 35.9 Å². The van der Waals surface area contributed by atoms with Crippen molar-refractivity contribution in [3.63, 3.8) is 0 Å². The zero-order valence-corrected chi connectivity index (χ0v) is 12.5. The maximum absolute atomic E-state index is 11.7. The van der Waals surface area contributed by atoms with Gasteiger partial charge in [0.25, 0.3) is 0 Å². The molecule has 1 aromatic rings. The molecule has 2 rings (SSSR count). The SMILES string of the molecule is CC(=O)N1C[C@H](CC(=O)O)N(Cc2ccccc2)C[C@H]1C. The maximum Gasteiger partial charge on any atom is 0.305 e. The average Bonchev–Trinajstić information content (AvgIpc) is 2.42. The second-order valence-electron chi connectivity index (χ2n) is 5.69. The summed E-state index contributed by atoms with van der Waals surface area (Å²) in [6, 6.07) is 9.99. The van der Waals surface area contributed by atoms with Crippen LogP contribution in [0.2, 0.25) is 0 Å². The fourth-order valence-electron chi connectivity index (χ4n) is 2.96. The fraction of sp³-hybridized carbons (Fsp3) is 0.500. The Labute approximate surface area is 125 Å². The summed E-state index contributed by atoms with van der Waals surface area (Å²) in [6.07, 6.45) is 0.0589. The van der Waals surface area contributed by atoms with E-state index < -0.39 is 5.97 Å². The third kappa shape index (κ3) is 4.04. The number of carbonyl (C=O) groups excluding carboxylic acids is 1. The van der Waals surface area contributed by atoms with Gasteiger partial charge < -0.3 is 10.0 Å². The van der Waals surface area contributed by atoms with E-state index in [1.165, 1.54) is 0 Å². The largest absolute Gasteiger partial charge is 0.481 e. The van der Waals surface area contributed by atoms with Crippen LogP contribution < -0.4 is 0 Å². The first-order valence-corrected chi connectivity index (χ1v) is 7.24. The Morgan fingerprint density at radius 2 is 1.90 bits per heavy atom. The molecule has 1 saturated heterocycles. The molecule has 0 saturated carbocycles. The minimum atomic E-state index is -0.823. The summed E-state index contributed by atoms with van der Waals surface area (Å²) in [5, 5.41) is 9.11. The van der Waals surface area contributed by atoms with Crippen LogP contribution in [-0.4, -0.2) is 52.0 Å². The number of amides is 1. The standard InChI is InChI=1S/C16H22N2O3/c1-12-9-17(10-14-6-4-3-5-7-14)15(8-16(20)21)11-18(12)13(2)19/h3-7,12,15H,8-11H2,1-2H3,(H,20,21)/t12-,15+/m1/s1. The molecule has 21 heavy (non-hydrogen) atoms. The Morgan fingerprint density at radius 1 is 1.24 bits per heavy atom. The number of carboxylic acid groups (broad SMARTS) is 1. The topological polar surface area (TPSA) is 60.9 Å². The van der Waals surface area contributed by atoms with Gasteiger partial charge in [0.05, 0.1) is 6.42 Å². The molecule has 1 aliphatic heterocycles. The van der Waals surface area contributed by atoms with E-state index in [0.29, 0.717) is 13.1 Å². The third-order valence-electron chi connectivity index (χ3n) is 4.00. The van der Waals surface area contributed by atoms with Gasteiger partial charge in [-0.1, -0.05) is 30.3 Å². The molecule has 1 heterocycles. The summed E-state index contributed by atoms with van der Waals surface area (Å²) < 4.78 is 0. The molecule has 0 aromatic heterocycles. The zero-order valence-electron chi connectivity index (χ0n) is 12.5. The van der Waals surface area contributed by atoms with Gasteiger partial charge in [0, 0.05) is 38.6 Å². The maximum atomic E-state index is 11.7. The first-order chi connectivity index (χ1) is 9.97. The van der Waals surface area contributed by atoms with Gasteiger partial charge in [-0.3, -0.25) is 14.5 Å². The molecule has 1 N–H and O–H groups in total. The van der Waals surface area contributed by atoms with Gasteiger partial charge >= 0.3 is 5.97 Å². The van der Waals surface area contributed by atoms with E-state index in [0.717, 1.165) is 12.1 Å². The summed E-state index contributed by atoms with van der Waals surface area (Å²) in [4.78, 5) is 26.7. The van der Waals surface area contributed by atoms with Gasteiger partial charge in [0.15, 0.2) is 0 Å². The molecule has 0 aliphatic carbocycles. The number of hydrogen-bond acceptors (Lipinski definition) is 3. The Bertz CT molecular complexity index is 504. The number of rotatable bonds is 4. The van der Waals surface area contributed by atoms with E-state index in [2.05, 4.69) is 4.90 Å². The van der Waals surface area contributed by atoms with E-state index in [9.17, 15) is 9.59 Å². The van der Waals surface area contributed by atoms with Gasteiger partial charge in [-0.05, 0) is 12.5 Å². The monoisotopic (exact) mass is 290 g/mol. The zero-order chi connectivity index (χ0) is 15.4. The van der Waals surface area contributed by atoms with Crippen molar-refractivity contribution in [1.29, 1.82) is 0 Å². The predicted molar refractivity (Wildman–Crippen MR) is 79.7 cm³/mol. The Balaban J connectivity index is 2.13. The minimum absolute atomic E-state index is 0.0113. The minimum Gasteiger partial charge on any atom is -0.481 e. The molecular weight excluding hydrogens is 268 g/mol. The molecule has 5 heteroatoms. The molecule has 114 valence electrons. The predicted octanol–water partition coefficient (Wildman–Crippen LogP) is 1.58. The summed E-state index contributed by atoms with van der Waals surface area (Å²) in [6.45, 7) is 5.45. The molecule has 0 spiro atoms. The molecule has 0 radical (unpaired) electrons. The number of carboxylic acids is 1. The van der Waals surface area contributed by atoms with Crippen molar-refractivity contribution in [3.8, 4) is 0 Å². The van der Waals surface area contributed by atoms with E-state index >= 15 is 0 Å². The van der Waals surface area contributed by atoms with Crippen LogP contribution >= 0.6 is 0 Å². The van der Waals surface area contributed by atoms with Crippen LogP contribution in [0, 0.1) is 0 Å². The number of piperazine rings is 1. The summed E-state index contributed by atoms with van der Waals surface area (Å²) in [5.41, 5.74) is 1.16. The second-order valence-corrected chi connectivity index (χ2v) is 5.69. The van der Waals surface area contributed by atoms with Crippen molar-refractivity contribution >= 4 is 11.9 Å². The van der Waals surface area contributed by atoms with Crippen molar-refractivity contribution in [2.45, 2.75) is 38.9 Å². The lowest BCUT2D eigenvalue weighted by Crippen LogP contribution is -2.58. The number of hydrogen-bond donors (Lipinski definition) is 1. The summed E-state index contributed by atoms with van der Waals surface area (Å²) in [5.74, 6) is -0.812. The van der Waals surface area contributed by atoms with Gasteiger partial charge in [0.1, 0.15) is 0 Å². The Kier molecular flexibility index (Phi) is 4.96. The fourth-order valence-corrected chi connectivity index (χ4v) is 2.96. The molecule has 0 unspecified atom stereocenters. The average molecular weight is 290 g/mol. The number of aliphatic carboxylic acids is 1. The highest BCUT2D eigenvalue weighted by atomic mass is 16.4. The molecule has 0 bridgehead atoms. The Hall–Kier alpha value is -1.88. The molecule has 1 amide bonds. The van der Waals surface area contributed by atoms with E-state index in [-0.39, 0.29) is 24.4 Å². The molecule has 2 atom stereocenters. The van der Waals surface area contributed by atoms with Gasteiger partial charge in [-0.15, -0.1) is 0 Å². The Morgan fingerprint density at radius 3 is 2.48 bits per heavy atom. The first-order valence-electron chi connectivity index (χ1n) is 7.24. The van der Waals surface area contributed by atoms with Crippen LogP contribution in [0.15, 0.2) is 30.3 Å². The van der Waals surface area contributed by atoms with Crippen LogP contribution in [0.5, 0.6) is 0 Å². The highest BCUT2D eigenvalue weighted by molar-refractivity contribution is 5.74. The van der Waals surface area contributed by atoms with Crippen molar-refractivity contribution < 1.29 is 14.7 Å². The van der Waals surface area contributed by atoms with Crippen molar-refractivity contribution in [2.75, 3.05) is 13.1 Å². The normalized spacial score (nSPS) is 23.0. The molecule has 1 aliphatic rings. The van der Waals surface area contributed by atoms with Gasteiger partial charge in [-0.25, -0.2) is 0 Å². The van der Waals surface area contributed by atoms with E-state index in [4.69, 9.17) is 5.11 Å². The second kappa shape index (κ2) is 6.72.